The summed E-state index contributed by atoms with van der Waals surface area (Å²) in [6.45, 7) is 3.21. The number of amides is 3. The topological polar surface area (TPSA) is 214 Å². The Morgan fingerprint density at radius 1 is 0.966 bits per heavy atom. The third-order valence-electron chi connectivity index (χ3n) is 3.98. The van der Waals surface area contributed by atoms with E-state index in [1.165, 1.54) is 0 Å². The largest absolute Gasteiger partial charge is 0.481 e. The number of aliphatic carboxylic acids is 2. The highest BCUT2D eigenvalue weighted by Gasteiger charge is 2.28. The molecule has 0 aromatic carbocycles. The second-order valence-electron chi connectivity index (χ2n) is 6.90. The number of carbonyl (C=O) groups is 5. The van der Waals surface area contributed by atoms with E-state index in [4.69, 9.17) is 21.7 Å². The first-order valence-electron chi connectivity index (χ1n) is 9.27. The van der Waals surface area contributed by atoms with Crippen LogP contribution in [0.15, 0.2) is 0 Å². The van der Waals surface area contributed by atoms with Crippen LogP contribution in [0.3, 0.4) is 0 Å². The van der Waals surface area contributed by atoms with Crippen LogP contribution in [0.1, 0.15) is 39.5 Å². The Hall–Kier alpha value is -2.73. The van der Waals surface area contributed by atoms with Crippen LogP contribution in [0.5, 0.6) is 0 Å². The first-order valence-corrected chi connectivity index (χ1v) is 9.27. The van der Waals surface area contributed by atoms with E-state index in [0.717, 1.165) is 0 Å². The van der Waals surface area contributed by atoms with E-state index in [1.807, 2.05) is 0 Å². The summed E-state index contributed by atoms with van der Waals surface area (Å²) in [6, 6.07) is -3.47. The quantitative estimate of drug-likeness (QED) is 0.152. The molecule has 0 heterocycles. The van der Waals surface area contributed by atoms with Crippen molar-refractivity contribution >= 4 is 29.7 Å². The summed E-state index contributed by atoms with van der Waals surface area (Å²) in [5.74, 6) is -5.01. The van der Waals surface area contributed by atoms with E-state index < -0.39 is 60.8 Å². The van der Waals surface area contributed by atoms with Gasteiger partial charge in [0.25, 0.3) is 0 Å². The standard InChI is InChI=1S/C17H31N5O7/c1-9(2)14(22-15(26)10(19)7-13(24)25)16(27)20-8-12(23)21-11(17(28)29)5-3-4-6-18/h9-11,14H,3-8,18-19H2,1-2H3,(H,20,27)(H,21,23)(H,22,26)(H,24,25)(H,28,29). The Bertz CT molecular complexity index is 597. The molecular formula is C17H31N5O7. The van der Waals surface area contributed by atoms with Gasteiger partial charge < -0.3 is 37.6 Å². The first kappa shape index (κ1) is 26.3. The fourth-order valence-electron chi connectivity index (χ4n) is 2.35. The molecule has 3 atom stereocenters. The molecule has 9 N–H and O–H groups in total. The first-order chi connectivity index (χ1) is 13.5. The summed E-state index contributed by atoms with van der Waals surface area (Å²) in [7, 11) is 0. The Morgan fingerprint density at radius 2 is 1.59 bits per heavy atom. The Labute approximate surface area is 168 Å². The molecule has 0 saturated carbocycles. The van der Waals surface area contributed by atoms with Gasteiger partial charge in [-0.05, 0) is 31.7 Å². The SMILES string of the molecule is CC(C)C(NC(=O)C(N)CC(=O)O)C(=O)NCC(=O)NC(CCCCN)C(=O)O. The van der Waals surface area contributed by atoms with Gasteiger partial charge in [0, 0.05) is 0 Å². The van der Waals surface area contributed by atoms with Crippen molar-refractivity contribution in [3.63, 3.8) is 0 Å². The van der Waals surface area contributed by atoms with Crippen LogP contribution in [-0.4, -0.2) is 71.1 Å². The highest BCUT2D eigenvalue weighted by molar-refractivity contribution is 5.93. The molecule has 0 bridgehead atoms. The molecule has 0 fully saturated rings. The molecule has 0 aromatic heterocycles. The summed E-state index contributed by atoms with van der Waals surface area (Å²) in [6.07, 6.45) is 0.758. The molecule has 0 spiro atoms. The monoisotopic (exact) mass is 417 g/mol. The fraction of sp³-hybridized carbons (Fsp3) is 0.706. The van der Waals surface area contributed by atoms with Gasteiger partial charge in [-0.3, -0.25) is 19.2 Å². The van der Waals surface area contributed by atoms with E-state index >= 15 is 0 Å². The normalized spacial score (nSPS) is 13.8. The number of nitrogens with two attached hydrogens (primary N) is 2. The van der Waals surface area contributed by atoms with Gasteiger partial charge in [0.1, 0.15) is 12.1 Å². The Balaban J connectivity index is 4.70. The van der Waals surface area contributed by atoms with Gasteiger partial charge in [0.2, 0.25) is 17.7 Å². The highest BCUT2D eigenvalue weighted by atomic mass is 16.4. The number of carboxylic acid groups (broad SMARTS) is 2. The molecule has 166 valence electrons. The van der Waals surface area contributed by atoms with Crippen molar-refractivity contribution in [2.45, 2.75) is 57.7 Å². The maximum absolute atomic E-state index is 12.3. The highest BCUT2D eigenvalue weighted by Crippen LogP contribution is 2.04. The number of hydrogen-bond donors (Lipinski definition) is 7. The minimum atomic E-state index is -1.32. The minimum Gasteiger partial charge on any atom is -0.481 e. The molecule has 0 aliphatic rings. The van der Waals surface area contributed by atoms with Gasteiger partial charge in [0.15, 0.2) is 0 Å². The molecule has 3 unspecified atom stereocenters. The summed E-state index contributed by atoms with van der Waals surface area (Å²) >= 11 is 0. The van der Waals surface area contributed by atoms with E-state index in [2.05, 4.69) is 16.0 Å². The summed E-state index contributed by atoms with van der Waals surface area (Å²) in [5, 5.41) is 24.8. The van der Waals surface area contributed by atoms with Gasteiger partial charge in [-0.2, -0.15) is 0 Å². The van der Waals surface area contributed by atoms with Crippen molar-refractivity contribution in [2.24, 2.45) is 17.4 Å². The van der Waals surface area contributed by atoms with Gasteiger partial charge in [-0.15, -0.1) is 0 Å². The molecular weight excluding hydrogens is 386 g/mol. The summed E-state index contributed by atoms with van der Waals surface area (Å²) in [5.41, 5.74) is 10.8. The van der Waals surface area contributed by atoms with E-state index in [-0.39, 0.29) is 12.3 Å². The zero-order chi connectivity index (χ0) is 22.6. The van der Waals surface area contributed by atoms with Crippen molar-refractivity contribution in [3.8, 4) is 0 Å². The molecule has 3 amide bonds. The lowest BCUT2D eigenvalue weighted by molar-refractivity contribution is -0.142. The van der Waals surface area contributed by atoms with Crippen molar-refractivity contribution < 1.29 is 34.2 Å². The van der Waals surface area contributed by atoms with E-state index in [0.29, 0.717) is 19.4 Å². The van der Waals surface area contributed by atoms with Crippen LogP contribution < -0.4 is 27.4 Å². The van der Waals surface area contributed by atoms with Gasteiger partial charge in [-0.25, -0.2) is 4.79 Å². The minimum absolute atomic E-state index is 0.207. The van der Waals surface area contributed by atoms with Gasteiger partial charge >= 0.3 is 11.9 Å². The molecule has 0 rings (SSSR count). The molecule has 0 radical (unpaired) electrons. The maximum atomic E-state index is 12.3. The zero-order valence-electron chi connectivity index (χ0n) is 16.6. The molecule has 0 aromatic rings. The van der Waals surface area contributed by atoms with Crippen LogP contribution in [0.2, 0.25) is 0 Å². The van der Waals surface area contributed by atoms with Crippen LogP contribution in [0.4, 0.5) is 0 Å². The molecule has 12 nitrogen and oxygen atoms in total. The van der Waals surface area contributed by atoms with E-state index in [1.54, 1.807) is 13.8 Å². The van der Waals surface area contributed by atoms with Crippen LogP contribution >= 0.6 is 0 Å². The molecule has 0 aliphatic heterocycles. The van der Waals surface area contributed by atoms with E-state index in [9.17, 15) is 24.0 Å². The second kappa shape index (κ2) is 13.4. The number of unbranched alkanes of at least 4 members (excludes halogenated alkanes) is 1. The summed E-state index contributed by atoms with van der Waals surface area (Å²) < 4.78 is 0. The number of carboxylic acids is 2. The third kappa shape index (κ3) is 11.0. The zero-order valence-corrected chi connectivity index (χ0v) is 16.6. The fourth-order valence-corrected chi connectivity index (χ4v) is 2.35. The average molecular weight is 417 g/mol. The van der Waals surface area contributed by atoms with Gasteiger partial charge in [-0.1, -0.05) is 13.8 Å². The third-order valence-corrected chi connectivity index (χ3v) is 3.98. The lowest BCUT2D eigenvalue weighted by atomic mass is 10.0. The Morgan fingerprint density at radius 3 is 2.07 bits per heavy atom. The lowest BCUT2D eigenvalue weighted by Crippen LogP contribution is -2.55. The van der Waals surface area contributed by atoms with Crippen molar-refractivity contribution in [1.82, 2.24) is 16.0 Å². The maximum Gasteiger partial charge on any atom is 0.326 e. The molecule has 29 heavy (non-hydrogen) atoms. The van der Waals surface area contributed by atoms with Crippen LogP contribution in [-0.2, 0) is 24.0 Å². The second-order valence-corrected chi connectivity index (χ2v) is 6.90. The Kier molecular flexibility index (Phi) is 12.2. The van der Waals surface area contributed by atoms with Crippen LogP contribution in [0, 0.1) is 5.92 Å². The average Bonchev–Trinajstić information content (AvgIpc) is 2.62. The van der Waals surface area contributed by atoms with Crippen molar-refractivity contribution in [1.29, 1.82) is 0 Å². The number of rotatable bonds is 14. The predicted octanol–water partition coefficient (Wildman–Crippen LogP) is -2.26. The van der Waals surface area contributed by atoms with Crippen LogP contribution in [0.25, 0.3) is 0 Å². The molecule has 0 saturated heterocycles. The predicted molar refractivity (Wildman–Crippen MR) is 102 cm³/mol. The smallest absolute Gasteiger partial charge is 0.326 e. The lowest BCUT2D eigenvalue weighted by Gasteiger charge is -2.23. The number of nitrogens with one attached hydrogen (secondary N) is 3. The number of carbonyl (C=O) groups excluding carboxylic acids is 3. The molecule has 0 aliphatic carbocycles. The number of hydrogen-bond acceptors (Lipinski definition) is 7. The van der Waals surface area contributed by atoms with Crippen molar-refractivity contribution in [2.75, 3.05) is 13.1 Å². The van der Waals surface area contributed by atoms with Gasteiger partial charge in [0.05, 0.1) is 19.0 Å². The molecule has 12 heteroatoms. The summed E-state index contributed by atoms with van der Waals surface area (Å²) in [4.78, 5) is 58.0. The van der Waals surface area contributed by atoms with Crippen molar-refractivity contribution in [3.05, 3.63) is 0 Å².